The molecule has 2 atom stereocenters. The van der Waals surface area contributed by atoms with E-state index in [0.29, 0.717) is 10.8 Å². The molecule has 0 aliphatic rings. The minimum atomic E-state index is -0.202. The first-order valence-corrected chi connectivity index (χ1v) is 6.79. The predicted octanol–water partition coefficient (Wildman–Crippen LogP) is 2.65. The molecule has 0 aliphatic carbocycles. The van der Waals surface area contributed by atoms with E-state index < -0.39 is 0 Å². The Kier molecular flexibility index (Phi) is 6.12. The molecule has 0 saturated carbocycles. The highest BCUT2D eigenvalue weighted by atomic mass is 35.5. The lowest BCUT2D eigenvalue weighted by molar-refractivity contribution is -0.123. The van der Waals surface area contributed by atoms with Crippen LogP contribution >= 0.6 is 11.6 Å². The van der Waals surface area contributed by atoms with Crippen molar-refractivity contribution in [1.29, 1.82) is 0 Å². The Morgan fingerprint density at radius 3 is 2.74 bits per heavy atom. The fourth-order valence-corrected chi connectivity index (χ4v) is 1.75. The van der Waals surface area contributed by atoms with E-state index in [1.165, 1.54) is 0 Å². The molecule has 106 valence electrons. The van der Waals surface area contributed by atoms with E-state index in [9.17, 15) is 4.79 Å². The summed E-state index contributed by atoms with van der Waals surface area (Å²) in [6.45, 7) is 5.79. The number of benzene rings is 1. The lowest BCUT2D eigenvalue weighted by atomic mass is 10.1. The first kappa shape index (κ1) is 15.8. The van der Waals surface area contributed by atoms with Crippen LogP contribution in [0.5, 0.6) is 5.75 Å². The molecular weight excluding hydrogens is 264 g/mol. The maximum absolute atomic E-state index is 11.6. The van der Waals surface area contributed by atoms with Gasteiger partial charge in [-0.15, -0.1) is 0 Å². The van der Waals surface area contributed by atoms with Gasteiger partial charge in [0.25, 0.3) is 5.91 Å². The Balaban J connectivity index is 2.65. The Hall–Kier alpha value is -1.26. The zero-order chi connectivity index (χ0) is 14.4. The monoisotopic (exact) mass is 284 g/mol. The van der Waals surface area contributed by atoms with Gasteiger partial charge in [0.2, 0.25) is 0 Å². The summed E-state index contributed by atoms with van der Waals surface area (Å²) in [7, 11) is 0. The van der Waals surface area contributed by atoms with Gasteiger partial charge in [-0.05, 0) is 38.5 Å². The highest BCUT2D eigenvalue weighted by Gasteiger charge is 2.11. The van der Waals surface area contributed by atoms with E-state index in [0.717, 1.165) is 12.0 Å². The minimum Gasteiger partial charge on any atom is -0.483 e. The topological polar surface area (TPSA) is 64.3 Å². The molecule has 19 heavy (non-hydrogen) atoms. The SMILES string of the molecule is CCC(C)NC(=O)COc1ccc(Cl)cc1[C@@H](C)N. The number of hydrogen-bond acceptors (Lipinski definition) is 3. The van der Waals surface area contributed by atoms with Gasteiger partial charge < -0.3 is 15.8 Å². The fraction of sp³-hybridized carbons (Fsp3) is 0.500. The van der Waals surface area contributed by atoms with Crippen molar-refractivity contribution in [2.24, 2.45) is 5.73 Å². The molecule has 5 heteroatoms. The van der Waals surface area contributed by atoms with Crippen LogP contribution in [-0.2, 0) is 4.79 Å². The van der Waals surface area contributed by atoms with Crippen molar-refractivity contribution < 1.29 is 9.53 Å². The number of amides is 1. The third-order valence-electron chi connectivity index (χ3n) is 2.84. The van der Waals surface area contributed by atoms with Crippen LogP contribution in [0.1, 0.15) is 38.8 Å². The van der Waals surface area contributed by atoms with Crippen LogP contribution in [0.25, 0.3) is 0 Å². The number of hydrogen-bond donors (Lipinski definition) is 2. The van der Waals surface area contributed by atoms with Gasteiger partial charge in [0.15, 0.2) is 6.61 Å². The van der Waals surface area contributed by atoms with Crippen LogP contribution < -0.4 is 15.8 Å². The Morgan fingerprint density at radius 2 is 2.16 bits per heavy atom. The van der Waals surface area contributed by atoms with Crippen molar-refractivity contribution in [2.75, 3.05) is 6.61 Å². The molecule has 3 N–H and O–H groups in total. The number of nitrogens with one attached hydrogen (secondary N) is 1. The molecule has 1 rings (SSSR count). The number of carbonyl (C=O) groups is 1. The number of nitrogens with two attached hydrogens (primary N) is 1. The molecule has 0 radical (unpaired) electrons. The Morgan fingerprint density at radius 1 is 1.47 bits per heavy atom. The second kappa shape index (κ2) is 7.36. The normalized spacial score (nSPS) is 13.7. The smallest absolute Gasteiger partial charge is 0.258 e. The van der Waals surface area contributed by atoms with E-state index in [4.69, 9.17) is 22.1 Å². The highest BCUT2D eigenvalue weighted by Crippen LogP contribution is 2.27. The van der Waals surface area contributed by atoms with Crippen LogP contribution in [0.3, 0.4) is 0 Å². The molecule has 0 aromatic heterocycles. The molecule has 0 heterocycles. The number of ether oxygens (including phenoxy) is 1. The number of rotatable bonds is 6. The van der Waals surface area contributed by atoms with Crippen molar-refractivity contribution in [2.45, 2.75) is 39.3 Å². The molecule has 1 unspecified atom stereocenters. The zero-order valence-corrected chi connectivity index (χ0v) is 12.3. The summed E-state index contributed by atoms with van der Waals surface area (Å²) in [5.74, 6) is 0.457. The maximum atomic E-state index is 11.6. The summed E-state index contributed by atoms with van der Waals surface area (Å²) in [6.07, 6.45) is 0.887. The first-order valence-electron chi connectivity index (χ1n) is 6.41. The molecule has 0 fully saturated rings. The maximum Gasteiger partial charge on any atom is 0.258 e. The third kappa shape index (κ3) is 5.09. The Labute approximate surface area is 119 Å². The summed E-state index contributed by atoms with van der Waals surface area (Å²) in [4.78, 5) is 11.6. The van der Waals surface area contributed by atoms with Crippen molar-refractivity contribution >= 4 is 17.5 Å². The molecule has 0 spiro atoms. The molecular formula is C14H21ClN2O2. The molecule has 0 aliphatic heterocycles. The molecule has 1 aromatic rings. The minimum absolute atomic E-state index is 0.0221. The largest absolute Gasteiger partial charge is 0.483 e. The van der Waals surface area contributed by atoms with Crippen LogP contribution in [0.2, 0.25) is 5.02 Å². The second-order valence-corrected chi connectivity index (χ2v) is 5.07. The average molecular weight is 285 g/mol. The van der Waals surface area contributed by atoms with Gasteiger partial charge >= 0.3 is 0 Å². The fourth-order valence-electron chi connectivity index (χ4n) is 1.57. The lowest BCUT2D eigenvalue weighted by Gasteiger charge is -2.15. The van der Waals surface area contributed by atoms with E-state index in [2.05, 4.69) is 5.32 Å². The second-order valence-electron chi connectivity index (χ2n) is 4.64. The number of carbonyl (C=O) groups excluding carboxylic acids is 1. The van der Waals surface area contributed by atoms with Gasteiger partial charge in [-0.3, -0.25) is 4.79 Å². The summed E-state index contributed by atoms with van der Waals surface area (Å²) in [6, 6.07) is 5.15. The molecule has 1 amide bonds. The van der Waals surface area contributed by atoms with Gasteiger partial charge in [0.1, 0.15) is 5.75 Å². The quantitative estimate of drug-likeness (QED) is 0.844. The van der Waals surface area contributed by atoms with Crippen LogP contribution in [0, 0.1) is 0 Å². The summed E-state index contributed by atoms with van der Waals surface area (Å²) < 4.78 is 5.51. The summed E-state index contributed by atoms with van der Waals surface area (Å²) in [5.41, 5.74) is 6.65. The van der Waals surface area contributed by atoms with Gasteiger partial charge in [-0.25, -0.2) is 0 Å². The summed E-state index contributed by atoms with van der Waals surface area (Å²) >= 11 is 5.92. The molecule has 0 bridgehead atoms. The first-order chi connectivity index (χ1) is 8.93. The number of halogens is 1. The standard InChI is InChI=1S/C14H21ClN2O2/c1-4-9(2)17-14(18)8-19-13-6-5-11(15)7-12(13)10(3)16/h5-7,9-10H,4,8,16H2,1-3H3,(H,17,18)/t9?,10-/m1/s1. The highest BCUT2D eigenvalue weighted by molar-refractivity contribution is 6.30. The predicted molar refractivity (Wildman–Crippen MR) is 77.4 cm³/mol. The van der Waals surface area contributed by atoms with Crippen LogP contribution in [0.15, 0.2) is 18.2 Å². The van der Waals surface area contributed by atoms with Crippen molar-refractivity contribution in [1.82, 2.24) is 5.32 Å². The molecule has 0 saturated heterocycles. The average Bonchev–Trinajstić information content (AvgIpc) is 2.36. The van der Waals surface area contributed by atoms with Gasteiger partial charge in [0.05, 0.1) is 0 Å². The zero-order valence-electron chi connectivity index (χ0n) is 11.6. The van der Waals surface area contributed by atoms with E-state index in [-0.39, 0.29) is 24.6 Å². The van der Waals surface area contributed by atoms with E-state index in [1.54, 1.807) is 18.2 Å². The van der Waals surface area contributed by atoms with Crippen molar-refractivity contribution in [3.8, 4) is 5.75 Å². The molecule has 4 nitrogen and oxygen atoms in total. The van der Waals surface area contributed by atoms with Gasteiger partial charge in [0, 0.05) is 22.7 Å². The van der Waals surface area contributed by atoms with Gasteiger partial charge in [-0.2, -0.15) is 0 Å². The van der Waals surface area contributed by atoms with E-state index in [1.807, 2.05) is 20.8 Å². The van der Waals surface area contributed by atoms with Crippen LogP contribution in [-0.4, -0.2) is 18.6 Å². The lowest BCUT2D eigenvalue weighted by Crippen LogP contribution is -2.35. The third-order valence-corrected chi connectivity index (χ3v) is 3.08. The Bertz CT molecular complexity index is 435. The van der Waals surface area contributed by atoms with Gasteiger partial charge in [-0.1, -0.05) is 18.5 Å². The van der Waals surface area contributed by atoms with Crippen molar-refractivity contribution in [3.63, 3.8) is 0 Å². The van der Waals surface area contributed by atoms with E-state index >= 15 is 0 Å². The van der Waals surface area contributed by atoms with Crippen molar-refractivity contribution in [3.05, 3.63) is 28.8 Å². The summed E-state index contributed by atoms with van der Waals surface area (Å²) in [5, 5.41) is 3.44. The molecule has 1 aromatic carbocycles. The van der Waals surface area contributed by atoms with Crippen LogP contribution in [0.4, 0.5) is 0 Å².